The zero-order chi connectivity index (χ0) is 29.5. The molecule has 4 aliphatic rings. The number of carbonyl (C=O) groups is 2. The average molecular weight is 550 g/mol. The van der Waals surface area contributed by atoms with Crippen molar-refractivity contribution in [2.75, 3.05) is 20.6 Å². The van der Waals surface area contributed by atoms with E-state index in [0.717, 1.165) is 24.9 Å². The average Bonchev–Trinajstić information content (AvgIpc) is 2.84. The largest absolute Gasteiger partial charge is 0.423 e. The van der Waals surface area contributed by atoms with Gasteiger partial charge in [0.1, 0.15) is 0 Å². The molecule has 5 rings (SSSR count). The minimum atomic E-state index is -0.408. The van der Waals surface area contributed by atoms with E-state index in [4.69, 9.17) is 9.47 Å². The van der Waals surface area contributed by atoms with Crippen molar-refractivity contribution in [3.05, 3.63) is 34.4 Å². The van der Waals surface area contributed by atoms with Crippen LogP contribution >= 0.6 is 0 Å². The Kier molecular flexibility index (Phi) is 6.93. The number of hydrogen-bond acceptors (Lipinski definition) is 5. The third kappa shape index (κ3) is 4.28. The van der Waals surface area contributed by atoms with Gasteiger partial charge in [0.25, 0.3) is 0 Å². The molecule has 3 fully saturated rings. The quantitative estimate of drug-likeness (QED) is 0.220. The zero-order valence-electron chi connectivity index (χ0n) is 26.7. The highest BCUT2D eigenvalue weighted by molar-refractivity contribution is 5.76. The van der Waals surface area contributed by atoms with E-state index in [2.05, 4.69) is 59.7 Å². The highest BCUT2D eigenvalue weighted by Gasteiger charge is 2.66. The van der Waals surface area contributed by atoms with Gasteiger partial charge in [-0.1, -0.05) is 46.3 Å². The summed E-state index contributed by atoms with van der Waals surface area (Å²) in [5, 5.41) is 0. The lowest BCUT2D eigenvalue weighted by atomic mass is 9.34. The first kappa shape index (κ1) is 29.4. The molecule has 0 saturated heterocycles. The van der Waals surface area contributed by atoms with E-state index >= 15 is 0 Å². The molecule has 4 aliphatic carbocycles. The summed E-state index contributed by atoms with van der Waals surface area (Å²) < 4.78 is 11.3. The molecule has 0 aliphatic heterocycles. The van der Waals surface area contributed by atoms with Crippen LogP contribution in [-0.2, 0) is 21.4 Å². The normalized spacial score (nSPS) is 38.4. The lowest BCUT2D eigenvalue weighted by Crippen LogP contribution is -2.62. The SMILES string of the molecule is CC(=O)Oc1cc2c(c(C)c1OC(C)=O)CC=C1C3(C)CC[C@@]4(C)CC[C@@](C)(CN(C)C)C[C@H]4[C@]3(C)CC[C@]12C. The van der Waals surface area contributed by atoms with Crippen molar-refractivity contribution in [1.82, 2.24) is 4.90 Å². The van der Waals surface area contributed by atoms with E-state index in [1.165, 1.54) is 63.5 Å². The summed E-state index contributed by atoms with van der Waals surface area (Å²) in [5.41, 5.74) is 5.87. The van der Waals surface area contributed by atoms with E-state index in [9.17, 15) is 9.59 Å². The molecule has 0 amide bonds. The number of hydrogen-bond donors (Lipinski definition) is 0. The van der Waals surface area contributed by atoms with Crippen molar-refractivity contribution in [3.63, 3.8) is 0 Å². The fourth-order valence-electron chi connectivity index (χ4n) is 10.2. The highest BCUT2D eigenvalue weighted by atomic mass is 16.6. The summed E-state index contributed by atoms with van der Waals surface area (Å²) >= 11 is 0. The summed E-state index contributed by atoms with van der Waals surface area (Å²) in [4.78, 5) is 26.4. The van der Waals surface area contributed by atoms with Crippen molar-refractivity contribution in [2.24, 2.45) is 27.6 Å². The maximum Gasteiger partial charge on any atom is 0.308 e. The summed E-state index contributed by atoms with van der Waals surface area (Å²) in [6.45, 7) is 18.7. The fourth-order valence-corrected chi connectivity index (χ4v) is 10.2. The number of ether oxygens (including phenoxy) is 2. The van der Waals surface area contributed by atoms with Crippen molar-refractivity contribution in [2.45, 2.75) is 112 Å². The van der Waals surface area contributed by atoms with Crippen molar-refractivity contribution < 1.29 is 19.1 Å². The van der Waals surface area contributed by atoms with Crippen LogP contribution in [0.25, 0.3) is 0 Å². The van der Waals surface area contributed by atoms with Crippen molar-refractivity contribution >= 4 is 11.9 Å². The molecular weight excluding hydrogens is 498 g/mol. The fraction of sp³-hybridized carbons (Fsp3) is 0.714. The second kappa shape index (κ2) is 9.44. The maximum atomic E-state index is 12.1. The number of fused-ring (bicyclic) bond motifs is 7. The van der Waals surface area contributed by atoms with Crippen LogP contribution in [0.5, 0.6) is 11.5 Å². The van der Waals surface area contributed by atoms with Crippen LogP contribution < -0.4 is 9.47 Å². The summed E-state index contributed by atoms with van der Waals surface area (Å²) in [5.74, 6) is 0.619. The van der Waals surface area contributed by atoms with Gasteiger partial charge < -0.3 is 14.4 Å². The van der Waals surface area contributed by atoms with Crippen LogP contribution in [0.1, 0.15) is 110 Å². The van der Waals surface area contributed by atoms with E-state index < -0.39 is 11.9 Å². The smallest absolute Gasteiger partial charge is 0.308 e. The van der Waals surface area contributed by atoms with Gasteiger partial charge in [-0.05, 0) is 123 Å². The molecule has 0 heterocycles. The predicted octanol–water partition coefficient (Wildman–Crippen LogP) is 7.56. The van der Waals surface area contributed by atoms with Gasteiger partial charge in [-0.3, -0.25) is 9.59 Å². The molecule has 0 spiro atoms. The first-order valence-corrected chi connectivity index (χ1v) is 15.4. The Labute approximate surface area is 242 Å². The molecule has 0 bridgehead atoms. The van der Waals surface area contributed by atoms with E-state index in [1.54, 1.807) is 5.57 Å². The Morgan fingerprint density at radius 2 is 1.57 bits per heavy atom. The minimum Gasteiger partial charge on any atom is -0.423 e. The molecule has 6 atom stereocenters. The maximum absolute atomic E-state index is 12.1. The third-order valence-corrected chi connectivity index (χ3v) is 12.3. The third-order valence-electron chi connectivity index (χ3n) is 12.3. The van der Waals surface area contributed by atoms with Gasteiger partial charge in [0.15, 0.2) is 11.5 Å². The molecule has 0 radical (unpaired) electrons. The molecule has 1 unspecified atom stereocenters. The number of benzene rings is 1. The molecule has 1 aromatic carbocycles. The molecule has 5 nitrogen and oxygen atoms in total. The molecule has 0 N–H and O–H groups in total. The van der Waals surface area contributed by atoms with Crippen LogP contribution in [0.4, 0.5) is 0 Å². The Balaban J connectivity index is 1.60. The second-order valence-corrected chi connectivity index (χ2v) is 15.4. The van der Waals surface area contributed by atoms with Gasteiger partial charge in [-0.15, -0.1) is 0 Å². The number of carbonyl (C=O) groups excluding carboxylic acids is 2. The molecule has 1 aromatic rings. The first-order chi connectivity index (χ1) is 18.5. The molecular formula is C35H51NO4. The predicted molar refractivity (Wildman–Crippen MR) is 160 cm³/mol. The molecule has 0 aromatic heterocycles. The monoisotopic (exact) mass is 549 g/mol. The molecule has 40 heavy (non-hydrogen) atoms. The topological polar surface area (TPSA) is 55.8 Å². The van der Waals surface area contributed by atoms with Crippen LogP contribution in [0.2, 0.25) is 0 Å². The van der Waals surface area contributed by atoms with E-state index in [0.29, 0.717) is 28.2 Å². The standard InChI is InChI=1S/C35H51NO4/c1-22-25-11-12-28-33(6,26(25)19-27(39-23(2)37)30(22)40-24(3)38)16-18-35(8)29-20-31(4,21-36(9)10)13-14-32(29,5)15-17-34(28,35)7/h12,19,29H,11,13-18,20-21H2,1-10H3/t29-,31-,32-,33+,34?,35+/m1/s1. The highest BCUT2D eigenvalue weighted by Crippen LogP contribution is 2.74. The van der Waals surface area contributed by atoms with Crippen LogP contribution in [0.3, 0.4) is 0 Å². The second-order valence-electron chi connectivity index (χ2n) is 15.4. The molecule has 3 saturated carbocycles. The molecule has 5 heteroatoms. The number of allylic oxidation sites excluding steroid dienone is 2. The number of rotatable bonds is 4. The number of esters is 2. The van der Waals surface area contributed by atoms with E-state index in [-0.39, 0.29) is 16.2 Å². The Hall–Kier alpha value is -2.14. The van der Waals surface area contributed by atoms with E-state index in [1.807, 2.05) is 13.0 Å². The van der Waals surface area contributed by atoms with Crippen LogP contribution in [0, 0.1) is 34.5 Å². The Bertz CT molecular complexity index is 1280. The summed E-state index contributed by atoms with van der Waals surface area (Å²) in [7, 11) is 4.45. The lowest BCUT2D eigenvalue weighted by Gasteiger charge is -2.70. The zero-order valence-corrected chi connectivity index (χ0v) is 26.7. The van der Waals surface area contributed by atoms with Gasteiger partial charge in [0, 0.05) is 25.8 Å². The van der Waals surface area contributed by atoms with Crippen LogP contribution in [0.15, 0.2) is 17.7 Å². The summed E-state index contributed by atoms with van der Waals surface area (Å²) in [6, 6.07) is 2.02. The Morgan fingerprint density at radius 3 is 2.20 bits per heavy atom. The minimum absolute atomic E-state index is 0.0995. The summed E-state index contributed by atoms with van der Waals surface area (Å²) in [6.07, 6.45) is 12.1. The van der Waals surface area contributed by atoms with Gasteiger partial charge in [0.05, 0.1) is 0 Å². The van der Waals surface area contributed by atoms with Crippen molar-refractivity contribution in [3.8, 4) is 11.5 Å². The van der Waals surface area contributed by atoms with Gasteiger partial charge in [-0.2, -0.15) is 0 Å². The first-order valence-electron chi connectivity index (χ1n) is 15.4. The van der Waals surface area contributed by atoms with Gasteiger partial charge in [-0.25, -0.2) is 0 Å². The van der Waals surface area contributed by atoms with Gasteiger partial charge in [0.2, 0.25) is 0 Å². The van der Waals surface area contributed by atoms with Gasteiger partial charge >= 0.3 is 11.9 Å². The van der Waals surface area contributed by atoms with Crippen LogP contribution in [-0.4, -0.2) is 37.5 Å². The Morgan fingerprint density at radius 1 is 0.925 bits per heavy atom. The van der Waals surface area contributed by atoms with Crippen molar-refractivity contribution in [1.29, 1.82) is 0 Å². The lowest BCUT2D eigenvalue weighted by molar-refractivity contribution is -0.160. The number of nitrogens with zero attached hydrogens (tertiary/aromatic N) is 1. The molecule has 220 valence electrons.